The number of hydrogen-bond donors (Lipinski definition) is 0. The molecule has 0 unspecified atom stereocenters. The number of benzene rings is 11. The molecular formula is C65H46N2. The standard InChI is InChI=1S/C65H46N2/c1-65(2)59-41-48(35-37-54(59)55-38-36-49(42-60(55)65)67-61-29-13-11-25-57(61)58-26-12-14-30-62(58)67)66(63-40-39-50(43-17-5-3-6-18-43)53-23-9-10-24-56(53)63)47-33-31-45(32-34-47)52-28-16-22-46-21-15-27-51(64(46)52)44-19-7-4-8-20-44/h3-42H,1-2H3. The summed E-state index contributed by atoms with van der Waals surface area (Å²) in [5.74, 6) is 0. The molecule has 11 aromatic carbocycles. The average Bonchev–Trinajstić information content (AvgIpc) is 3.84. The molecule has 316 valence electrons. The summed E-state index contributed by atoms with van der Waals surface area (Å²) in [6.45, 7) is 4.79. The third-order valence-electron chi connectivity index (χ3n) is 14.4. The lowest BCUT2D eigenvalue weighted by Gasteiger charge is -2.29. The first-order valence-electron chi connectivity index (χ1n) is 23.3. The quantitative estimate of drug-likeness (QED) is 0.155. The summed E-state index contributed by atoms with van der Waals surface area (Å²) < 4.78 is 2.44. The van der Waals surface area contributed by atoms with Crippen molar-refractivity contribution in [1.29, 1.82) is 0 Å². The van der Waals surface area contributed by atoms with Gasteiger partial charge in [-0.1, -0.05) is 202 Å². The fourth-order valence-corrected chi connectivity index (χ4v) is 11.2. The van der Waals surface area contributed by atoms with Crippen LogP contribution in [0, 0.1) is 0 Å². The number of fused-ring (bicyclic) bond motifs is 8. The third kappa shape index (κ3) is 6.18. The maximum atomic E-state index is 2.47. The van der Waals surface area contributed by atoms with Crippen molar-refractivity contribution in [1.82, 2.24) is 4.57 Å². The van der Waals surface area contributed by atoms with Crippen molar-refractivity contribution in [3.63, 3.8) is 0 Å². The van der Waals surface area contributed by atoms with Gasteiger partial charge in [0, 0.05) is 38.6 Å². The van der Waals surface area contributed by atoms with Crippen molar-refractivity contribution < 1.29 is 0 Å². The molecule has 0 aliphatic heterocycles. The maximum absolute atomic E-state index is 2.47. The molecule has 0 N–H and O–H groups in total. The SMILES string of the molecule is CC1(C)c2cc(N(c3ccc(-c4cccc5cccc(-c6ccccc6)c45)cc3)c3ccc(-c4ccccc4)c4ccccc34)ccc2-c2ccc(-n3c4ccccc4c4ccccc43)cc21. The Morgan fingerprint density at radius 3 is 1.48 bits per heavy atom. The van der Waals surface area contributed by atoms with E-state index in [4.69, 9.17) is 0 Å². The maximum Gasteiger partial charge on any atom is 0.0541 e. The number of hydrogen-bond acceptors (Lipinski definition) is 1. The first-order chi connectivity index (χ1) is 33.0. The molecule has 0 radical (unpaired) electrons. The van der Waals surface area contributed by atoms with E-state index in [2.05, 4.69) is 266 Å². The summed E-state index contributed by atoms with van der Waals surface area (Å²) in [7, 11) is 0. The molecular weight excluding hydrogens is 809 g/mol. The molecule has 2 nitrogen and oxygen atoms in total. The largest absolute Gasteiger partial charge is 0.310 e. The Morgan fingerprint density at radius 1 is 0.343 bits per heavy atom. The van der Waals surface area contributed by atoms with Crippen LogP contribution in [0.5, 0.6) is 0 Å². The molecule has 0 fully saturated rings. The first-order valence-corrected chi connectivity index (χ1v) is 23.3. The van der Waals surface area contributed by atoms with E-state index in [-0.39, 0.29) is 5.41 Å². The van der Waals surface area contributed by atoms with Crippen LogP contribution < -0.4 is 4.90 Å². The Bertz CT molecular complexity index is 3820. The minimum absolute atomic E-state index is 0.255. The van der Waals surface area contributed by atoms with Crippen LogP contribution in [0.3, 0.4) is 0 Å². The Hall–Kier alpha value is -8.46. The molecule has 0 saturated carbocycles. The van der Waals surface area contributed by atoms with Gasteiger partial charge >= 0.3 is 0 Å². The molecule has 67 heavy (non-hydrogen) atoms. The van der Waals surface area contributed by atoms with Gasteiger partial charge in [0.1, 0.15) is 0 Å². The van der Waals surface area contributed by atoms with Gasteiger partial charge in [0.2, 0.25) is 0 Å². The molecule has 1 aliphatic carbocycles. The predicted molar refractivity (Wildman–Crippen MR) is 284 cm³/mol. The number of anilines is 3. The van der Waals surface area contributed by atoms with Gasteiger partial charge < -0.3 is 9.47 Å². The fourth-order valence-electron chi connectivity index (χ4n) is 11.2. The van der Waals surface area contributed by atoms with Crippen molar-refractivity contribution in [2.45, 2.75) is 19.3 Å². The van der Waals surface area contributed by atoms with Crippen LogP contribution in [0.1, 0.15) is 25.0 Å². The number of aromatic nitrogens is 1. The fraction of sp³-hybridized carbons (Fsp3) is 0.0462. The Kier molecular flexibility index (Phi) is 8.91. The van der Waals surface area contributed by atoms with Crippen LogP contribution in [0.2, 0.25) is 0 Å². The number of nitrogens with zero attached hydrogens (tertiary/aromatic N) is 2. The molecule has 0 atom stereocenters. The summed E-state index contributed by atoms with van der Waals surface area (Å²) in [5.41, 5.74) is 19.3. The topological polar surface area (TPSA) is 8.17 Å². The van der Waals surface area contributed by atoms with Gasteiger partial charge in [0.15, 0.2) is 0 Å². The monoisotopic (exact) mass is 854 g/mol. The lowest BCUT2D eigenvalue weighted by Crippen LogP contribution is -2.17. The van der Waals surface area contributed by atoms with Crippen molar-refractivity contribution in [2.24, 2.45) is 0 Å². The molecule has 0 bridgehead atoms. The van der Waals surface area contributed by atoms with Gasteiger partial charge in [0.25, 0.3) is 0 Å². The molecule has 0 spiro atoms. The van der Waals surface area contributed by atoms with Gasteiger partial charge in [0.05, 0.1) is 16.7 Å². The highest BCUT2D eigenvalue weighted by atomic mass is 15.1. The molecule has 13 rings (SSSR count). The van der Waals surface area contributed by atoms with E-state index >= 15 is 0 Å². The van der Waals surface area contributed by atoms with Gasteiger partial charge in [-0.25, -0.2) is 0 Å². The molecule has 12 aromatic rings. The van der Waals surface area contributed by atoms with Crippen molar-refractivity contribution in [3.05, 3.63) is 254 Å². The minimum Gasteiger partial charge on any atom is -0.310 e. The molecule has 1 aromatic heterocycles. The molecule has 0 amide bonds. The Balaban J connectivity index is 0.966. The summed E-state index contributed by atoms with van der Waals surface area (Å²) >= 11 is 0. The van der Waals surface area contributed by atoms with Crippen LogP contribution in [0.15, 0.2) is 243 Å². The van der Waals surface area contributed by atoms with E-state index < -0.39 is 0 Å². The summed E-state index contributed by atoms with van der Waals surface area (Å²) in [5, 5.41) is 7.48. The number of para-hydroxylation sites is 2. The van der Waals surface area contributed by atoms with Crippen LogP contribution in [0.4, 0.5) is 17.1 Å². The van der Waals surface area contributed by atoms with Crippen LogP contribution in [-0.4, -0.2) is 4.57 Å². The highest BCUT2D eigenvalue weighted by molar-refractivity contribution is 6.10. The van der Waals surface area contributed by atoms with Crippen LogP contribution >= 0.6 is 0 Å². The van der Waals surface area contributed by atoms with E-state index in [9.17, 15) is 0 Å². The zero-order valence-electron chi connectivity index (χ0n) is 37.5. The van der Waals surface area contributed by atoms with Crippen molar-refractivity contribution in [3.8, 4) is 50.2 Å². The highest BCUT2D eigenvalue weighted by Gasteiger charge is 2.37. The van der Waals surface area contributed by atoms with Crippen LogP contribution in [0.25, 0.3) is 93.5 Å². The predicted octanol–water partition coefficient (Wildman–Crippen LogP) is 17.9. The number of rotatable bonds is 7. The molecule has 0 saturated heterocycles. The smallest absolute Gasteiger partial charge is 0.0541 e. The zero-order valence-corrected chi connectivity index (χ0v) is 37.5. The van der Waals surface area contributed by atoms with Gasteiger partial charge in [-0.15, -0.1) is 0 Å². The van der Waals surface area contributed by atoms with E-state index in [1.165, 1.54) is 105 Å². The second-order valence-corrected chi connectivity index (χ2v) is 18.5. The van der Waals surface area contributed by atoms with E-state index in [1.54, 1.807) is 0 Å². The third-order valence-corrected chi connectivity index (χ3v) is 14.4. The van der Waals surface area contributed by atoms with Crippen molar-refractivity contribution >= 4 is 60.4 Å². The second kappa shape index (κ2) is 15.3. The summed E-state index contributed by atoms with van der Waals surface area (Å²) in [6, 6.07) is 89.4. The van der Waals surface area contributed by atoms with Crippen molar-refractivity contribution in [2.75, 3.05) is 4.90 Å². The Morgan fingerprint density at radius 2 is 0.836 bits per heavy atom. The minimum atomic E-state index is -0.255. The molecule has 1 aliphatic rings. The van der Waals surface area contributed by atoms with E-state index in [0.717, 1.165) is 17.1 Å². The lowest BCUT2D eigenvalue weighted by atomic mass is 9.82. The first kappa shape index (κ1) is 39.0. The Labute approximate surface area is 391 Å². The molecule has 2 heteroatoms. The van der Waals surface area contributed by atoms with Gasteiger partial charge in [-0.2, -0.15) is 0 Å². The summed E-state index contributed by atoms with van der Waals surface area (Å²) in [4.78, 5) is 2.47. The van der Waals surface area contributed by atoms with E-state index in [1.807, 2.05) is 0 Å². The van der Waals surface area contributed by atoms with Gasteiger partial charge in [-0.3, -0.25) is 0 Å². The summed E-state index contributed by atoms with van der Waals surface area (Å²) in [6.07, 6.45) is 0. The average molecular weight is 855 g/mol. The zero-order chi connectivity index (χ0) is 44.6. The van der Waals surface area contributed by atoms with Gasteiger partial charge in [-0.05, 0) is 126 Å². The highest BCUT2D eigenvalue weighted by Crippen LogP contribution is 2.52. The second-order valence-electron chi connectivity index (χ2n) is 18.5. The van der Waals surface area contributed by atoms with Crippen LogP contribution in [-0.2, 0) is 5.41 Å². The normalized spacial score (nSPS) is 12.7. The lowest BCUT2D eigenvalue weighted by molar-refractivity contribution is 0.660. The van der Waals surface area contributed by atoms with E-state index in [0.29, 0.717) is 0 Å². The molecule has 1 heterocycles.